The molecule has 2 aromatic rings. The molecule has 2 aromatic carbocycles. The third-order valence-electron chi connectivity index (χ3n) is 1.93. The number of benzene rings is 2. The first kappa shape index (κ1) is 16.0. The summed E-state index contributed by atoms with van der Waals surface area (Å²) in [6.45, 7) is 2.15. The fraction of sp³-hybridized carbons (Fsp3) is 0.0769. The largest absolute Gasteiger partial charge is 0.673 e. The molecule has 0 heterocycles. The molecule has 0 saturated heterocycles. The van der Waals surface area contributed by atoms with Gasteiger partial charge in [-0.1, -0.05) is 30.3 Å². The molecule has 0 bridgehead atoms. The molecule has 102 valence electrons. The quantitative estimate of drug-likeness (QED) is 0.419. The van der Waals surface area contributed by atoms with Gasteiger partial charge in [-0.05, 0) is 36.8 Å². The predicted octanol–water partition coefficient (Wildman–Crippen LogP) is 1.42. The summed E-state index contributed by atoms with van der Waals surface area (Å²) in [5.74, 6) is 0. The van der Waals surface area contributed by atoms with Crippen LogP contribution in [0.5, 0.6) is 0 Å². The number of hydrogen-bond donors (Lipinski definition) is 0. The van der Waals surface area contributed by atoms with Crippen LogP contribution in [0, 0.1) is 14.1 Å². The summed E-state index contributed by atoms with van der Waals surface area (Å²) < 4.78 is 42.0. The van der Waals surface area contributed by atoms with Crippen LogP contribution in [-0.2, 0) is 0 Å². The lowest BCUT2D eigenvalue weighted by molar-refractivity contribution is -0.597. The highest BCUT2D eigenvalue weighted by molar-refractivity contribution is 6.50. The average Bonchev–Trinajstić information content (AvgIpc) is 2.28. The SMILES string of the molecule is Cc1cccc([I+]c2ccccc2)c1.F[B-](F)(F)F. The van der Waals surface area contributed by atoms with E-state index in [0.29, 0.717) is 0 Å². The average molecular weight is 382 g/mol. The number of aryl methyl sites for hydroxylation is 1. The van der Waals surface area contributed by atoms with Crippen LogP contribution in [0.25, 0.3) is 0 Å². The normalized spacial score (nSPS) is 10.6. The smallest absolute Gasteiger partial charge is 0.418 e. The molecule has 0 saturated carbocycles. The fourth-order valence-electron chi connectivity index (χ4n) is 1.27. The first-order valence-electron chi connectivity index (χ1n) is 5.48. The van der Waals surface area contributed by atoms with Gasteiger partial charge in [0.25, 0.3) is 0 Å². The van der Waals surface area contributed by atoms with E-state index in [1.165, 1.54) is 12.7 Å². The van der Waals surface area contributed by atoms with E-state index in [-0.39, 0.29) is 21.2 Å². The van der Waals surface area contributed by atoms with Crippen LogP contribution in [0.4, 0.5) is 17.3 Å². The Morgan fingerprint density at radius 1 is 0.789 bits per heavy atom. The Morgan fingerprint density at radius 2 is 1.32 bits per heavy atom. The van der Waals surface area contributed by atoms with Crippen LogP contribution >= 0.6 is 0 Å². The molecule has 0 N–H and O–H groups in total. The minimum absolute atomic E-state index is 0.0119. The Labute approximate surface area is 120 Å². The lowest BCUT2D eigenvalue weighted by Gasteiger charge is -1.94. The van der Waals surface area contributed by atoms with E-state index in [1.54, 1.807) is 0 Å². The highest BCUT2D eigenvalue weighted by atomic mass is 127. The summed E-state index contributed by atoms with van der Waals surface area (Å²) in [5.41, 5.74) is 1.36. The van der Waals surface area contributed by atoms with E-state index in [1.807, 2.05) is 0 Å². The molecule has 0 nitrogen and oxygen atoms in total. The van der Waals surface area contributed by atoms with Crippen molar-refractivity contribution >= 4 is 7.25 Å². The third kappa shape index (κ3) is 8.64. The van der Waals surface area contributed by atoms with Gasteiger partial charge in [0.05, 0.1) is 0 Å². The fourth-order valence-corrected chi connectivity index (χ4v) is 3.80. The van der Waals surface area contributed by atoms with Crippen LogP contribution in [-0.4, -0.2) is 7.25 Å². The van der Waals surface area contributed by atoms with Crippen molar-refractivity contribution in [2.45, 2.75) is 6.92 Å². The van der Waals surface area contributed by atoms with Gasteiger partial charge in [0.15, 0.2) is 7.14 Å². The summed E-state index contributed by atoms with van der Waals surface area (Å²) in [6.07, 6.45) is 0. The molecular weight excluding hydrogens is 370 g/mol. The van der Waals surface area contributed by atoms with Crippen molar-refractivity contribution in [3.63, 3.8) is 0 Å². The summed E-state index contributed by atoms with van der Waals surface area (Å²) in [5, 5.41) is 0. The molecule has 0 fully saturated rings. The van der Waals surface area contributed by atoms with Gasteiger partial charge in [-0.3, -0.25) is 0 Å². The molecule has 0 atom stereocenters. The third-order valence-corrected chi connectivity index (χ3v) is 4.57. The summed E-state index contributed by atoms with van der Waals surface area (Å²) in [7, 11) is -6.00. The molecule has 0 amide bonds. The minimum atomic E-state index is -6.00. The maximum absolute atomic E-state index is 9.75. The Balaban J connectivity index is 0.000000312. The van der Waals surface area contributed by atoms with Gasteiger partial charge in [-0.15, -0.1) is 0 Å². The lowest BCUT2D eigenvalue weighted by atomic mass is 10.2. The van der Waals surface area contributed by atoms with Crippen molar-refractivity contribution in [2.24, 2.45) is 0 Å². The van der Waals surface area contributed by atoms with Gasteiger partial charge in [0, 0.05) is 0 Å². The van der Waals surface area contributed by atoms with Gasteiger partial charge in [0.2, 0.25) is 0 Å². The second kappa shape index (κ2) is 7.52. The standard InChI is InChI=1S/C13H12I.BF4/c1-11-6-5-9-13(10-11)14-12-7-3-2-4-8-12;2-1(3,4)5/h2-10H,1H3;/q+1;-1. The molecule has 2 rings (SSSR count). The van der Waals surface area contributed by atoms with E-state index >= 15 is 0 Å². The first-order chi connectivity index (χ1) is 8.84. The van der Waals surface area contributed by atoms with Crippen LogP contribution < -0.4 is 21.2 Å². The summed E-state index contributed by atoms with van der Waals surface area (Å²) >= 11 is 0.0119. The second-order valence-corrected chi connectivity index (χ2v) is 6.71. The molecule has 0 aliphatic heterocycles. The first-order valence-corrected chi connectivity index (χ1v) is 7.64. The Kier molecular flexibility index (Phi) is 6.34. The zero-order chi connectivity index (χ0) is 14.3. The molecule has 6 heteroatoms. The van der Waals surface area contributed by atoms with Gasteiger partial charge in [0.1, 0.15) is 0 Å². The van der Waals surface area contributed by atoms with E-state index < -0.39 is 7.25 Å². The van der Waals surface area contributed by atoms with Crippen LogP contribution in [0.3, 0.4) is 0 Å². The molecule has 0 unspecified atom stereocenters. The number of rotatable bonds is 2. The van der Waals surface area contributed by atoms with Gasteiger partial charge in [-0.25, -0.2) is 0 Å². The van der Waals surface area contributed by atoms with Crippen molar-refractivity contribution in [1.29, 1.82) is 0 Å². The van der Waals surface area contributed by atoms with Gasteiger partial charge < -0.3 is 17.3 Å². The van der Waals surface area contributed by atoms with Crippen molar-refractivity contribution < 1.29 is 38.5 Å². The lowest BCUT2D eigenvalue weighted by Crippen LogP contribution is -3.61. The monoisotopic (exact) mass is 382 g/mol. The molecule has 0 spiro atoms. The maximum atomic E-state index is 9.75. The van der Waals surface area contributed by atoms with Crippen molar-refractivity contribution in [1.82, 2.24) is 0 Å². The van der Waals surface area contributed by atoms with E-state index in [0.717, 1.165) is 0 Å². The van der Waals surface area contributed by atoms with E-state index in [4.69, 9.17) is 0 Å². The van der Waals surface area contributed by atoms with Crippen molar-refractivity contribution in [2.75, 3.05) is 0 Å². The zero-order valence-corrected chi connectivity index (χ0v) is 12.3. The predicted molar refractivity (Wildman–Crippen MR) is 65.2 cm³/mol. The van der Waals surface area contributed by atoms with Crippen LogP contribution in [0.1, 0.15) is 5.56 Å². The molecule has 0 aliphatic rings. The number of halogens is 5. The zero-order valence-electron chi connectivity index (χ0n) is 10.2. The second-order valence-electron chi connectivity index (χ2n) is 3.68. The number of hydrogen-bond acceptors (Lipinski definition) is 0. The minimum Gasteiger partial charge on any atom is -0.418 e. The topological polar surface area (TPSA) is 0 Å². The highest BCUT2D eigenvalue weighted by Crippen LogP contribution is 2.06. The molecule has 0 aliphatic carbocycles. The molecular formula is C13H12BF4I. The van der Waals surface area contributed by atoms with Gasteiger partial charge in [-0.2, -0.15) is 0 Å². The summed E-state index contributed by atoms with van der Waals surface area (Å²) in [6, 6.07) is 19.6. The van der Waals surface area contributed by atoms with Crippen LogP contribution in [0.15, 0.2) is 54.6 Å². The van der Waals surface area contributed by atoms with Crippen LogP contribution in [0.2, 0.25) is 0 Å². The van der Waals surface area contributed by atoms with E-state index in [2.05, 4.69) is 61.5 Å². The maximum Gasteiger partial charge on any atom is 0.673 e. The Morgan fingerprint density at radius 3 is 1.84 bits per heavy atom. The van der Waals surface area contributed by atoms with Crippen molar-refractivity contribution in [3.8, 4) is 0 Å². The molecule has 19 heavy (non-hydrogen) atoms. The van der Waals surface area contributed by atoms with Crippen molar-refractivity contribution in [3.05, 3.63) is 67.3 Å². The molecule has 0 radical (unpaired) electrons. The molecule has 0 aromatic heterocycles. The summed E-state index contributed by atoms with van der Waals surface area (Å²) in [4.78, 5) is 0. The van der Waals surface area contributed by atoms with Gasteiger partial charge >= 0.3 is 28.5 Å². The van der Waals surface area contributed by atoms with E-state index in [9.17, 15) is 17.3 Å². The highest BCUT2D eigenvalue weighted by Gasteiger charge is 2.20. The Hall–Kier alpha value is -1.05. The Bertz CT molecular complexity index is 493.